The van der Waals surface area contributed by atoms with Crippen molar-refractivity contribution in [3.63, 3.8) is 0 Å². The van der Waals surface area contributed by atoms with Crippen LogP contribution in [0.15, 0.2) is 42.5 Å². The molecule has 0 radical (unpaired) electrons. The van der Waals surface area contributed by atoms with Gasteiger partial charge >= 0.3 is 0 Å². The fourth-order valence-corrected chi connectivity index (χ4v) is 2.70. The number of halogens is 1. The number of benzene rings is 2. The van der Waals surface area contributed by atoms with Gasteiger partial charge < -0.3 is 9.84 Å². The van der Waals surface area contributed by atoms with Crippen molar-refractivity contribution in [3.8, 4) is 11.5 Å². The van der Waals surface area contributed by atoms with Crippen LogP contribution in [0.2, 0.25) is 0 Å². The second-order valence-corrected chi connectivity index (χ2v) is 6.80. The molecule has 3 heteroatoms. The van der Waals surface area contributed by atoms with E-state index in [0.29, 0.717) is 5.92 Å². The Morgan fingerprint density at radius 1 is 1.05 bits per heavy atom. The first kappa shape index (κ1) is 16.3. The summed E-state index contributed by atoms with van der Waals surface area (Å²) in [7, 11) is 0. The summed E-state index contributed by atoms with van der Waals surface area (Å²) in [6.45, 7) is 4.44. The van der Waals surface area contributed by atoms with Gasteiger partial charge in [-0.15, -0.1) is 0 Å². The Hall–Kier alpha value is -1.07. The van der Waals surface area contributed by atoms with Gasteiger partial charge in [-0.1, -0.05) is 32.0 Å². The predicted molar refractivity (Wildman–Crippen MR) is 94.8 cm³/mol. The molecule has 0 aliphatic carbocycles. The molecule has 0 aromatic heterocycles. The number of ether oxygens (including phenoxy) is 1. The Morgan fingerprint density at radius 3 is 2.48 bits per heavy atom. The van der Waals surface area contributed by atoms with Crippen molar-refractivity contribution in [2.24, 2.45) is 5.92 Å². The molecule has 21 heavy (non-hydrogen) atoms. The first-order valence-corrected chi connectivity index (χ1v) is 8.33. The molecule has 2 aromatic rings. The van der Waals surface area contributed by atoms with Crippen LogP contribution in [0.3, 0.4) is 0 Å². The molecule has 0 heterocycles. The summed E-state index contributed by atoms with van der Waals surface area (Å²) in [6.07, 6.45) is 2.15. The lowest BCUT2D eigenvalue weighted by Gasteiger charge is -2.14. The lowest BCUT2D eigenvalue weighted by molar-refractivity contribution is 0.276. The monoisotopic (exact) mass is 396 g/mol. The number of hydrogen-bond acceptors (Lipinski definition) is 2. The summed E-state index contributed by atoms with van der Waals surface area (Å²) in [5, 5.41) is 9.48. The molecular formula is C18H21IO2. The van der Waals surface area contributed by atoms with Crippen LogP contribution in [0, 0.1) is 9.49 Å². The van der Waals surface area contributed by atoms with E-state index in [0.717, 1.165) is 33.5 Å². The van der Waals surface area contributed by atoms with Gasteiger partial charge in [0.15, 0.2) is 0 Å². The standard InChI is InChI=1S/C18H21IO2/c1-13(2)7-8-14-5-3-4-6-17(14)21-18-10-9-16(19)11-15(18)12-20/h3-6,9-11,13,20H,7-8,12H2,1-2H3. The van der Waals surface area contributed by atoms with Crippen LogP contribution < -0.4 is 4.74 Å². The SMILES string of the molecule is CC(C)CCc1ccccc1Oc1ccc(I)cc1CO. The predicted octanol–water partition coefficient (Wildman–Crippen LogP) is 5.16. The minimum atomic E-state index is -0.0136. The largest absolute Gasteiger partial charge is 0.457 e. The zero-order valence-corrected chi connectivity index (χ0v) is 14.6. The van der Waals surface area contributed by atoms with Gasteiger partial charge in [-0.2, -0.15) is 0 Å². The minimum Gasteiger partial charge on any atom is -0.457 e. The van der Waals surface area contributed by atoms with Crippen LogP contribution in [-0.2, 0) is 13.0 Å². The van der Waals surface area contributed by atoms with E-state index in [-0.39, 0.29) is 6.61 Å². The maximum atomic E-state index is 9.48. The van der Waals surface area contributed by atoms with Crippen molar-refractivity contribution < 1.29 is 9.84 Å². The van der Waals surface area contributed by atoms with Crippen molar-refractivity contribution in [2.45, 2.75) is 33.3 Å². The highest BCUT2D eigenvalue weighted by Crippen LogP contribution is 2.30. The summed E-state index contributed by atoms with van der Waals surface area (Å²) in [4.78, 5) is 0. The third-order valence-corrected chi connectivity index (χ3v) is 4.05. The number of aliphatic hydroxyl groups is 1. The highest BCUT2D eigenvalue weighted by molar-refractivity contribution is 14.1. The van der Waals surface area contributed by atoms with Gasteiger partial charge in [-0.25, -0.2) is 0 Å². The van der Waals surface area contributed by atoms with E-state index >= 15 is 0 Å². The summed E-state index contributed by atoms with van der Waals surface area (Å²) in [5.41, 5.74) is 2.04. The highest BCUT2D eigenvalue weighted by Gasteiger charge is 2.09. The van der Waals surface area contributed by atoms with Gasteiger partial charge in [0.25, 0.3) is 0 Å². The zero-order chi connectivity index (χ0) is 15.2. The maximum absolute atomic E-state index is 9.48. The van der Waals surface area contributed by atoms with E-state index in [1.165, 1.54) is 5.56 Å². The van der Waals surface area contributed by atoms with E-state index in [4.69, 9.17) is 4.74 Å². The molecule has 1 N–H and O–H groups in total. The number of aliphatic hydroxyl groups excluding tert-OH is 1. The quantitative estimate of drug-likeness (QED) is 0.684. The molecule has 0 atom stereocenters. The molecule has 0 fully saturated rings. The van der Waals surface area contributed by atoms with Crippen LogP contribution in [-0.4, -0.2) is 5.11 Å². The summed E-state index contributed by atoms with van der Waals surface area (Å²) < 4.78 is 7.15. The van der Waals surface area contributed by atoms with E-state index < -0.39 is 0 Å². The maximum Gasteiger partial charge on any atom is 0.133 e. The van der Waals surface area contributed by atoms with Crippen molar-refractivity contribution in [2.75, 3.05) is 0 Å². The van der Waals surface area contributed by atoms with Crippen molar-refractivity contribution in [3.05, 3.63) is 57.2 Å². The third kappa shape index (κ3) is 4.71. The van der Waals surface area contributed by atoms with Gasteiger partial charge in [-0.05, 0) is 71.2 Å². The molecule has 0 aliphatic rings. The Kier molecular flexibility index (Phi) is 6.06. The van der Waals surface area contributed by atoms with Crippen LogP contribution in [0.1, 0.15) is 31.4 Å². The Bertz CT molecular complexity index is 594. The lowest BCUT2D eigenvalue weighted by Crippen LogP contribution is -1.97. The summed E-state index contributed by atoms with van der Waals surface area (Å²) in [6, 6.07) is 14.0. The average Bonchev–Trinajstić information content (AvgIpc) is 2.48. The molecule has 0 saturated carbocycles. The molecule has 0 bridgehead atoms. The zero-order valence-electron chi connectivity index (χ0n) is 12.5. The summed E-state index contributed by atoms with van der Waals surface area (Å²) >= 11 is 2.24. The molecule has 112 valence electrons. The van der Waals surface area contributed by atoms with Gasteiger partial charge in [-0.3, -0.25) is 0 Å². The van der Waals surface area contributed by atoms with Gasteiger partial charge in [0.2, 0.25) is 0 Å². The molecule has 2 aromatic carbocycles. The van der Waals surface area contributed by atoms with Crippen LogP contribution in [0.4, 0.5) is 0 Å². The first-order valence-electron chi connectivity index (χ1n) is 7.25. The van der Waals surface area contributed by atoms with Crippen molar-refractivity contribution in [1.29, 1.82) is 0 Å². The fourth-order valence-electron chi connectivity index (χ4n) is 2.14. The van der Waals surface area contributed by atoms with Crippen LogP contribution in [0.5, 0.6) is 11.5 Å². The molecular weight excluding hydrogens is 375 g/mol. The van der Waals surface area contributed by atoms with Gasteiger partial charge in [0.1, 0.15) is 11.5 Å². The number of aryl methyl sites for hydroxylation is 1. The second-order valence-electron chi connectivity index (χ2n) is 5.55. The Morgan fingerprint density at radius 2 is 1.76 bits per heavy atom. The Labute approximate surface area is 140 Å². The smallest absolute Gasteiger partial charge is 0.133 e. The van der Waals surface area contributed by atoms with Crippen molar-refractivity contribution >= 4 is 22.6 Å². The second kappa shape index (κ2) is 7.80. The first-order chi connectivity index (χ1) is 10.1. The molecule has 0 aliphatic heterocycles. The Balaban J connectivity index is 2.23. The van der Waals surface area contributed by atoms with E-state index in [2.05, 4.69) is 42.5 Å². The molecule has 2 nitrogen and oxygen atoms in total. The van der Waals surface area contributed by atoms with Crippen LogP contribution >= 0.6 is 22.6 Å². The number of rotatable bonds is 6. The lowest BCUT2D eigenvalue weighted by atomic mass is 10.0. The third-order valence-electron chi connectivity index (χ3n) is 3.38. The number of hydrogen-bond donors (Lipinski definition) is 1. The average molecular weight is 396 g/mol. The van der Waals surface area contributed by atoms with Gasteiger partial charge in [0, 0.05) is 9.13 Å². The molecule has 0 unspecified atom stereocenters. The summed E-state index contributed by atoms with van der Waals surface area (Å²) in [5.74, 6) is 2.29. The molecule has 0 saturated heterocycles. The van der Waals surface area contributed by atoms with E-state index in [1.54, 1.807) is 0 Å². The number of para-hydroxylation sites is 1. The van der Waals surface area contributed by atoms with Gasteiger partial charge in [0.05, 0.1) is 6.61 Å². The van der Waals surface area contributed by atoms with E-state index in [1.807, 2.05) is 36.4 Å². The normalized spacial score (nSPS) is 10.9. The molecule has 2 rings (SSSR count). The molecule has 0 spiro atoms. The fraction of sp³-hybridized carbons (Fsp3) is 0.333. The highest BCUT2D eigenvalue weighted by atomic mass is 127. The van der Waals surface area contributed by atoms with Crippen molar-refractivity contribution in [1.82, 2.24) is 0 Å². The minimum absolute atomic E-state index is 0.0136. The van der Waals surface area contributed by atoms with E-state index in [9.17, 15) is 5.11 Å². The molecule has 0 amide bonds. The topological polar surface area (TPSA) is 29.5 Å². The van der Waals surface area contributed by atoms with Crippen LogP contribution in [0.25, 0.3) is 0 Å².